The van der Waals surface area contributed by atoms with Crippen LogP contribution in [0.2, 0.25) is 0 Å². The molecule has 0 atom stereocenters. The summed E-state index contributed by atoms with van der Waals surface area (Å²) >= 11 is 4.80. The lowest BCUT2D eigenvalue weighted by Crippen LogP contribution is -2.14. The number of nitrogens with one attached hydrogen (secondary N) is 2. The molecule has 0 saturated heterocycles. The molecule has 0 aliphatic heterocycles. The highest BCUT2D eigenvalue weighted by Crippen LogP contribution is 2.28. The Morgan fingerprint density at radius 3 is 2.42 bits per heavy atom. The predicted molar refractivity (Wildman–Crippen MR) is 127 cm³/mol. The van der Waals surface area contributed by atoms with Crippen LogP contribution in [0.4, 0.5) is 11.4 Å². The van der Waals surface area contributed by atoms with Crippen LogP contribution in [0.3, 0.4) is 0 Å². The Labute approximate surface area is 193 Å². The zero-order chi connectivity index (χ0) is 22.2. The molecule has 0 heterocycles. The Balaban J connectivity index is 1.60. The molecular formula is C23H21BrN2O4S. The van der Waals surface area contributed by atoms with Gasteiger partial charge in [-0.25, -0.2) is 0 Å². The lowest BCUT2D eigenvalue weighted by molar-refractivity contribution is -0.113. The monoisotopic (exact) mass is 500 g/mol. The number of hydrogen-bond donors (Lipinski definition) is 2. The maximum atomic E-state index is 12.6. The average molecular weight is 501 g/mol. The number of amides is 2. The van der Waals surface area contributed by atoms with E-state index >= 15 is 0 Å². The molecule has 0 unspecified atom stereocenters. The summed E-state index contributed by atoms with van der Waals surface area (Å²) in [6.45, 7) is 0. The molecule has 0 aromatic heterocycles. The largest absolute Gasteiger partial charge is 0.493 e. The first kappa shape index (κ1) is 22.7. The maximum Gasteiger partial charge on any atom is 0.255 e. The molecule has 0 spiro atoms. The van der Waals surface area contributed by atoms with Crippen LogP contribution in [-0.4, -0.2) is 31.8 Å². The normalized spacial score (nSPS) is 10.3. The van der Waals surface area contributed by atoms with Gasteiger partial charge in [0.25, 0.3) is 5.91 Å². The van der Waals surface area contributed by atoms with E-state index in [9.17, 15) is 9.59 Å². The Morgan fingerprint density at radius 1 is 0.903 bits per heavy atom. The molecule has 0 aliphatic carbocycles. The van der Waals surface area contributed by atoms with E-state index < -0.39 is 0 Å². The number of rotatable bonds is 8. The number of ether oxygens (including phenoxy) is 2. The third-order valence-electron chi connectivity index (χ3n) is 4.26. The number of methoxy groups -OCH3 is 2. The Hall–Kier alpha value is -2.97. The van der Waals surface area contributed by atoms with Crippen molar-refractivity contribution in [2.45, 2.75) is 4.90 Å². The van der Waals surface area contributed by atoms with Crippen molar-refractivity contribution in [3.63, 3.8) is 0 Å². The second-order valence-electron chi connectivity index (χ2n) is 6.37. The highest BCUT2D eigenvalue weighted by Gasteiger charge is 2.12. The summed E-state index contributed by atoms with van der Waals surface area (Å²) in [6.07, 6.45) is 0. The summed E-state index contributed by atoms with van der Waals surface area (Å²) in [5.41, 5.74) is 1.81. The molecule has 0 bridgehead atoms. The van der Waals surface area contributed by atoms with Gasteiger partial charge in [-0.3, -0.25) is 9.59 Å². The van der Waals surface area contributed by atoms with E-state index in [-0.39, 0.29) is 17.6 Å². The van der Waals surface area contributed by atoms with Crippen LogP contribution in [0.1, 0.15) is 10.4 Å². The number of carbonyl (C=O) groups is 2. The summed E-state index contributed by atoms with van der Waals surface area (Å²) in [4.78, 5) is 25.7. The lowest BCUT2D eigenvalue weighted by Gasteiger charge is -2.11. The van der Waals surface area contributed by atoms with Crippen molar-refractivity contribution < 1.29 is 19.1 Å². The van der Waals surface area contributed by atoms with Crippen molar-refractivity contribution in [3.05, 3.63) is 76.8 Å². The molecule has 31 heavy (non-hydrogen) atoms. The summed E-state index contributed by atoms with van der Waals surface area (Å²) in [7, 11) is 3.06. The number of halogens is 1. The highest BCUT2D eigenvalue weighted by molar-refractivity contribution is 9.10. The smallest absolute Gasteiger partial charge is 0.255 e. The molecule has 8 heteroatoms. The molecule has 3 rings (SSSR count). The summed E-state index contributed by atoms with van der Waals surface area (Å²) in [6, 6.07) is 19.8. The van der Waals surface area contributed by atoms with Gasteiger partial charge in [0.1, 0.15) is 0 Å². The molecule has 3 aromatic rings. The standard InChI is InChI=1S/C23H21BrN2O4S/c1-29-20-11-10-15(12-21(20)30-2)23(28)25-16-6-5-7-17(13-16)31-14-22(27)26-19-9-4-3-8-18(19)24/h3-13H,14H2,1-2H3,(H,25,28)(H,26,27). The number of hydrogen-bond acceptors (Lipinski definition) is 5. The van der Waals surface area contributed by atoms with E-state index in [1.165, 1.54) is 18.9 Å². The molecule has 2 amide bonds. The number of benzene rings is 3. The maximum absolute atomic E-state index is 12.6. The van der Waals surface area contributed by atoms with Crippen LogP contribution in [-0.2, 0) is 4.79 Å². The molecule has 2 N–H and O–H groups in total. The summed E-state index contributed by atoms with van der Waals surface area (Å²) in [5, 5.41) is 5.74. The van der Waals surface area contributed by atoms with Crippen LogP contribution in [0.5, 0.6) is 11.5 Å². The van der Waals surface area contributed by atoms with E-state index in [4.69, 9.17) is 9.47 Å². The van der Waals surface area contributed by atoms with Crippen LogP contribution >= 0.6 is 27.7 Å². The van der Waals surface area contributed by atoms with Gasteiger partial charge >= 0.3 is 0 Å². The van der Waals surface area contributed by atoms with Gasteiger partial charge in [-0.2, -0.15) is 0 Å². The first-order chi connectivity index (χ1) is 15.0. The molecule has 0 aliphatic rings. The van der Waals surface area contributed by atoms with E-state index in [1.807, 2.05) is 42.5 Å². The van der Waals surface area contributed by atoms with Gasteiger partial charge in [0, 0.05) is 20.6 Å². The lowest BCUT2D eigenvalue weighted by atomic mass is 10.2. The minimum atomic E-state index is -0.269. The number of anilines is 2. The van der Waals surface area contributed by atoms with Crippen LogP contribution < -0.4 is 20.1 Å². The van der Waals surface area contributed by atoms with Crippen LogP contribution in [0.15, 0.2) is 76.1 Å². The first-order valence-corrected chi connectivity index (χ1v) is 11.1. The second-order valence-corrected chi connectivity index (χ2v) is 8.27. The molecule has 3 aromatic carbocycles. The molecule has 0 radical (unpaired) electrons. The molecular weight excluding hydrogens is 480 g/mol. The van der Waals surface area contributed by atoms with Gasteiger partial charge in [-0.05, 0) is 64.5 Å². The fourth-order valence-electron chi connectivity index (χ4n) is 2.74. The van der Waals surface area contributed by atoms with Gasteiger partial charge in [0.15, 0.2) is 11.5 Å². The van der Waals surface area contributed by atoms with Gasteiger partial charge < -0.3 is 20.1 Å². The Kier molecular flexibility index (Phi) is 7.97. The fraction of sp³-hybridized carbons (Fsp3) is 0.130. The van der Waals surface area contributed by atoms with Crippen molar-refractivity contribution in [1.29, 1.82) is 0 Å². The van der Waals surface area contributed by atoms with E-state index in [1.54, 1.807) is 31.4 Å². The molecule has 0 saturated carbocycles. The van der Waals surface area contributed by atoms with Gasteiger partial charge in [0.2, 0.25) is 5.91 Å². The minimum absolute atomic E-state index is 0.114. The zero-order valence-electron chi connectivity index (χ0n) is 17.0. The fourth-order valence-corrected chi connectivity index (χ4v) is 3.88. The molecule has 6 nitrogen and oxygen atoms in total. The molecule has 160 valence electrons. The summed E-state index contributed by atoms with van der Waals surface area (Å²) in [5.74, 6) is 0.897. The molecule has 0 fully saturated rings. The Morgan fingerprint density at radius 2 is 1.68 bits per heavy atom. The zero-order valence-corrected chi connectivity index (χ0v) is 19.4. The van der Waals surface area contributed by atoms with Crippen molar-refractivity contribution in [2.24, 2.45) is 0 Å². The Bertz CT molecular complexity index is 1090. The van der Waals surface area contributed by atoms with Gasteiger partial charge in [-0.1, -0.05) is 18.2 Å². The predicted octanol–water partition coefficient (Wildman–Crippen LogP) is 5.45. The van der Waals surface area contributed by atoms with Gasteiger partial charge in [0.05, 0.1) is 25.7 Å². The summed E-state index contributed by atoms with van der Waals surface area (Å²) < 4.78 is 11.3. The SMILES string of the molecule is COc1ccc(C(=O)Nc2cccc(SCC(=O)Nc3ccccc3Br)c2)cc1OC. The third-order valence-corrected chi connectivity index (χ3v) is 5.94. The van der Waals surface area contributed by atoms with E-state index in [0.717, 1.165) is 15.1 Å². The average Bonchev–Trinajstić information content (AvgIpc) is 2.79. The van der Waals surface area contributed by atoms with Crippen molar-refractivity contribution >= 4 is 50.9 Å². The van der Waals surface area contributed by atoms with Crippen molar-refractivity contribution in [2.75, 3.05) is 30.6 Å². The van der Waals surface area contributed by atoms with Crippen LogP contribution in [0.25, 0.3) is 0 Å². The van der Waals surface area contributed by atoms with Crippen LogP contribution in [0, 0.1) is 0 Å². The number of thioether (sulfide) groups is 1. The highest BCUT2D eigenvalue weighted by atomic mass is 79.9. The quantitative estimate of drug-likeness (QED) is 0.402. The first-order valence-electron chi connectivity index (χ1n) is 9.31. The number of para-hydroxylation sites is 1. The topological polar surface area (TPSA) is 76.7 Å². The minimum Gasteiger partial charge on any atom is -0.493 e. The second kappa shape index (κ2) is 10.9. The van der Waals surface area contributed by atoms with Gasteiger partial charge in [-0.15, -0.1) is 11.8 Å². The van der Waals surface area contributed by atoms with E-state index in [0.29, 0.717) is 22.7 Å². The van der Waals surface area contributed by atoms with Crippen molar-refractivity contribution in [3.8, 4) is 11.5 Å². The van der Waals surface area contributed by atoms with Crippen molar-refractivity contribution in [1.82, 2.24) is 0 Å². The third kappa shape index (κ3) is 6.26. The number of carbonyl (C=O) groups excluding carboxylic acids is 2. The van der Waals surface area contributed by atoms with E-state index in [2.05, 4.69) is 26.6 Å².